The van der Waals surface area contributed by atoms with Crippen molar-refractivity contribution in [2.45, 2.75) is 32.1 Å². The Bertz CT molecular complexity index is 375. The van der Waals surface area contributed by atoms with Crippen LogP contribution in [0.1, 0.15) is 42.5 Å². The lowest BCUT2D eigenvalue weighted by atomic mass is 9.96. The fourth-order valence-corrected chi connectivity index (χ4v) is 2.34. The molecule has 1 aromatic rings. The quantitative estimate of drug-likeness (QED) is 0.715. The molecule has 1 fully saturated rings. The fraction of sp³-hybridized carbons (Fsp3) is 0.462. The van der Waals surface area contributed by atoms with E-state index in [-0.39, 0.29) is 12.0 Å². The van der Waals surface area contributed by atoms with E-state index in [2.05, 4.69) is 0 Å². The zero-order valence-electron chi connectivity index (χ0n) is 9.01. The third-order valence-corrected chi connectivity index (χ3v) is 3.19. The lowest BCUT2D eigenvalue weighted by Gasteiger charge is -2.08. The second kappa shape index (κ2) is 4.73. The summed E-state index contributed by atoms with van der Waals surface area (Å²) >= 11 is 0. The van der Waals surface area contributed by atoms with Gasteiger partial charge in [0.2, 0.25) is 0 Å². The van der Waals surface area contributed by atoms with Gasteiger partial charge < -0.3 is 0 Å². The third kappa shape index (κ3) is 2.29. The average Bonchev–Trinajstić information content (AvgIpc) is 2.70. The molecule has 16 heavy (non-hydrogen) atoms. The van der Waals surface area contributed by atoms with Gasteiger partial charge in [-0.1, -0.05) is 31.7 Å². The molecule has 0 saturated heterocycles. The molecule has 3 heteroatoms. The summed E-state index contributed by atoms with van der Waals surface area (Å²) in [6.45, 7) is 0. The molecule has 0 unspecified atom stereocenters. The van der Waals surface area contributed by atoms with Crippen molar-refractivity contribution < 1.29 is 13.6 Å². The lowest BCUT2D eigenvalue weighted by Crippen LogP contribution is -2.10. The second-order valence-corrected chi connectivity index (χ2v) is 4.37. The first-order valence-electron chi connectivity index (χ1n) is 5.65. The van der Waals surface area contributed by atoms with Gasteiger partial charge in [-0.15, -0.1) is 0 Å². The highest BCUT2D eigenvalue weighted by molar-refractivity contribution is 5.96. The number of benzene rings is 1. The summed E-state index contributed by atoms with van der Waals surface area (Å²) in [6.07, 6.45) is 4.52. The second-order valence-electron chi connectivity index (χ2n) is 4.37. The van der Waals surface area contributed by atoms with Crippen LogP contribution in [-0.4, -0.2) is 5.78 Å². The summed E-state index contributed by atoms with van der Waals surface area (Å²) in [7, 11) is 0. The largest absolute Gasteiger partial charge is 0.294 e. The molecular weight excluding hydrogens is 210 g/mol. The Balaban J connectivity index is 2.13. The number of halogens is 2. The summed E-state index contributed by atoms with van der Waals surface area (Å²) in [6, 6.07) is 3.53. The molecule has 0 atom stereocenters. The number of rotatable bonds is 3. The van der Waals surface area contributed by atoms with Gasteiger partial charge in [-0.05, 0) is 18.1 Å². The maximum Gasteiger partial charge on any atom is 0.169 e. The maximum atomic E-state index is 13.3. The molecule has 0 aliphatic heterocycles. The van der Waals surface area contributed by atoms with Gasteiger partial charge in [-0.3, -0.25) is 4.79 Å². The number of hydrogen-bond acceptors (Lipinski definition) is 1. The van der Waals surface area contributed by atoms with Crippen LogP contribution in [0, 0.1) is 17.6 Å². The third-order valence-electron chi connectivity index (χ3n) is 3.19. The minimum Gasteiger partial charge on any atom is -0.294 e. The van der Waals surface area contributed by atoms with E-state index in [1.165, 1.54) is 6.07 Å². The van der Waals surface area contributed by atoms with Crippen LogP contribution < -0.4 is 0 Å². The Labute approximate surface area is 93.5 Å². The summed E-state index contributed by atoms with van der Waals surface area (Å²) < 4.78 is 26.6. The smallest absolute Gasteiger partial charge is 0.169 e. The highest BCUT2D eigenvalue weighted by Gasteiger charge is 2.23. The Morgan fingerprint density at radius 2 is 1.75 bits per heavy atom. The van der Waals surface area contributed by atoms with Crippen molar-refractivity contribution >= 4 is 5.78 Å². The normalized spacial score (nSPS) is 16.6. The van der Waals surface area contributed by atoms with Gasteiger partial charge in [0.15, 0.2) is 5.78 Å². The molecule has 2 rings (SSSR count). The molecular formula is C13H14F2O. The van der Waals surface area contributed by atoms with E-state index in [4.69, 9.17) is 0 Å². The Morgan fingerprint density at radius 3 is 2.31 bits per heavy atom. The maximum absolute atomic E-state index is 13.3. The minimum absolute atomic E-state index is 0.276. The van der Waals surface area contributed by atoms with Gasteiger partial charge in [-0.25, -0.2) is 8.78 Å². The molecule has 0 N–H and O–H groups in total. The molecule has 1 saturated carbocycles. The standard InChI is InChI=1S/C13H14F2O/c14-10-6-3-7-11(15)13(10)12(16)8-9-4-1-2-5-9/h3,6-7,9H,1-2,4-5,8H2. The predicted octanol–water partition coefficient (Wildman–Crippen LogP) is 3.73. The monoisotopic (exact) mass is 224 g/mol. The van der Waals surface area contributed by atoms with Crippen molar-refractivity contribution in [2.75, 3.05) is 0 Å². The van der Waals surface area contributed by atoms with Crippen LogP contribution in [-0.2, 0) is 0 Å². The molecule has 0 heterocycles. The molecule has 0 bridgehead atoms. The van der Waals surface area contributed by atoms with Gasteiger partial charge >= 0.3 is 0 Å². The van der Waals surface area contributed by atoms with Gasteiger partial charge in [0.1, 0.15) is 11.6 Å². The fourth-order valence-electron chi connectivity index (χ4n) is 2.34. The number of carbonyl (C=O) groups excluding carboxylic acids is 1. The number of carbonyl (C=O) groups is 1. The first-order chi connectivity index (χ1) is 7.68. The van der Waals surface area contributed by atoms with E-state index >= 15 is 0 Å². The van der Waals surface area contributed by atoms with E-state index in [9.17, 15) is 13.6 Å². The van der Waals surface area contributed by atoms with E-state index in [1.54, 1.807) is 0 Å². The molecule has 0 radical (unpaired) electrons. The molecule has 0 amide bonds. The van der Waals surface area contributed by atoms with Crippen LogP contribution in [0.25, 0.3) is 0 Å². The summed E-state index contributed by atoms with van der Waals surface area (Å²) in [5.41, 5.74) is -0.366. The van der Waals surface area contributed by atoms with Crippen molar-refractivity contribution in [3.63, 3.8) is 0 Å². The Kier molecular flexibility index (Phi) is 3.32. The minimum atomic E-state index is -0.747. The molecule has 0 aromatic heterocycles. The number of hydrogen-bond donors (Lipinski definition) is 0. The van der Waals surface area contributed by atoms with Crippen LogP contribution in [0.3, 0.4) is 0 Å². The summed E-state index contributed by atoms with van der Waals surface area (Å²) in [5, 5.41) is 0. The number of Topliss-reactive ketones (excluding diaryl/α,β-unsaturated/α-hetero) is 1. The van der Waals surface area contributed by atoms with Crippen LogP contribution in [0.2, 0.25) is 0 Å². The van der Waals surface area contributed by atoms with Gasteiger partial charge in [0.25, 0.3) is 0 Å². The van der Waals surface area contributed by atoms with Crippen LogP contribution in [0.5, 0.6) is 0 Å². The van der Waals surface area contributed by atoms with E-state index < -0.39 is 17.4 Å². The van der Waals surface area contributed by atoms with Gasteiger partial charge in [0.05, 0.1) is 5.56 Å². The molecule has 1 aliphatic carbocycles. The zero-order valence-corrected chi connectivity index (χ0v) is 9.01. The van der Waals surface area contributed by atoms with Crippen molar-refractivity contribution in [1.82, 2.24) is 0 Å². The number of ketones is 1. The lowest BCUT2D eigenvalue weighted by molar-refractivity contribution is 0.0954. The highest BCUT2D eigenvalue weighted by atomic mass is 19.1. The first-order valence-corrected chi connectivity index (χ1v) is 5.65. The van der Waals surface area contributed by atoms with Crippen molar-refractivity contribution in [2.24, 2.45) is 5.92 Å². The average molecular weight is 224 g/mol. The zero-order chi connectivity index (χ0) is 11.5. The topological polar surface area (TPSA) is 17.1 Å². The van der Waals surface area contributed by atoms with E-state index in [0.29, 0.717) is 5.92 Å². The van der Waals surface area contributed by atoms with Crippen molar-refractivity contribution in [1.29, 1.82) is 0 Å². The molecule has 86 valence electrons. The summed E-state index contributed by atoms with van der Waals surface area (Å²) in [4.78, 5) is 11.8. The Hall–Kier alpha value is -1.25. The van der Waals surface area contributed by atoms with Crippen LogP contribution in [0.4, 0.5) is 8.78 Å². The Morgan fingerprint density at radius 1 is 1.19 bits per heavy atom. The summed E-state index contributed by atoms with van der Waals surface area (Å²) in [5.74, 6) is -1.58. The van der Waals surface area contributed by atoms with Gasteiger partial charge in [-0.2, -0.15) is 0 Å². The molecule has 0 spiro atoms. The molecule has 1 aromatic carbocycles. The SMILES string of the molecule is O=C(CC1CCCC1)c1c(F)cccc1F. The van der Waals surface area contributed by atoms with Crippen molar-refractivity contribution in [3.05, 3.63) is 35.4 Å². The van der Waals surface area contributed by atoms with Crippen LogP contribution in [0.15, 0.2) is 18.2 Å². The van der Waals surface area contributed by atoms with Crippen molar-refractivity contribution in [3.8, 4) is 0 Å². The molecule has 1 aliphatic rings. The van der Waals surface area contributed by atoms with Crippen LogP contribution >= 0.6 is 0 Å². The van der Waals surface area contributed by atoms with Gasteiger partial charge in [0, 0.05) is 6.42 Å². The van der Waals surface area contributed by atoms with E-state index in [1.807, 2.05) is 0 Å². The van der Waals surface area contributed by atoms with E-state index in [0.717, 1.165) is 37.8 Å². The first kappa shape index (κ1) is 11.2. The highest BCUT2D eigenvalue weighted by Crippen LogP contribution is 2.29. The molecule has 1 nitrogen and oxygen atoms in total. The predicted molar refractivity (Wildman–Crippen MR) is 57.3 cm³/mol.